The quantitative estimate of drug-likeness (QED) is 0.698. The molecule has 3 amide bonds. The van der Waals surface area contributed by atoms with Crippen molar-refractivity contribution in [3.05, 3.63) is 0 Å². The van der Waals surface area contributed by atoms with Crippen LogP contribution in [0.2, 0.25) is 0 Å². The Labute approximate surface area is 137 Å². The molecule has 2 rings (SSSR count). The smallest absolute Gasteiger partial charge is 0.222 e. The Kier molecular flexibility index (Phi) is 5.62. The van der Waals surface area contributed by atoms with Gasteiger partial charge in [-0.2, -0.15) is 0 Å². The van der Waals surface area contributed by atoms with E-state index in [1.54, 1.807) is 4.90 Å². The maximum absolute atomic E-state index is 12.1. The Morgan fingerprint density at radius 3 is 2.43 bits per heavy atom. The van der Waals surface area contributed by atoms with Crippen LogP contribution in [0.1, 0.15) is 39.5 Å². The Morgan fingerprint density at radius 1 is 1.26 bits per heavy atom. The number of nitrogens with two attached hydrogens (primary N) is 2. The molecule has 3 unspecified atom stereocenters. The van der Waals surface area contributed by atoms with E-state index in [1.807, 2.05) is 0 Å². The second-order valence-corrected chi connectivity index (χ2v) is 6.98. The summed E-state index contributed by atoms with van der Waals surface area (Å²) in [6.45, 7) is 6.22. The molecule has 0 aromatic heterocycles. The molecule has 0 spiro atoms. The molecule has 130 valence electrons. The Bertz CT molecular complexity index is 480. The molecular formula is C16H28N4O3. The van der Waals surface area contributed by atoms with Crippen molar-refractivity contribution in [1.82, 2.24) is 9.80 Å². The third-order valence-corrected chi connectivity index (χ3v) is 5.21. The van der Waals surface area contributed by atoms with Gasteiger partial charge in [0.25, 0.3) is 0 Å². The highest BCUT2D eigenvalue weighted by molar-refractivity contribution is 5.81. The molecule has 0 radical (unpaired) electrons. The van der Waals surface area contributed by atoms with Gasteiger partial charge in [-0.3, -0.25) is 14.4 Å². The molecule has 3 atom stereocenters. The molecule has 2 heterocycles. The lowest BCUT2D eigenvalue weighted by molar-refractivity contribution is -0.137. The fourth-order valence-corrected chi connectivity index (χ4v) is 3.94. The van der Waals surface area contributed by atoms with Gasteiger partial charge in [0.1, 0.15) is 0 Å². The lowest BCUT2D eigenvalue weighted by Gasteiger charge is -2.44. The van der Waals surface area contributed by atoms with Crippen LogP contribution in [0.4, 0.5) is 0 Å². The minimum Gasteiger partial charge on any atom is -0.370 e. The predicted octanol–water partition coefficient (Wildman–Crippen LogP) is -0.315. The van der Waals surface area contributed by atoms with E-state index < -0.39 is 5.91 Å². The monoisotopic (exact) mass is 324 g/mol. The van der Waals surface area contributed by atoms with Crippen LogP contribution >= 0.6 is 0 Å². The number of primary amides is 2. The van der Waals surface area contributed by atoms with Crippen molar-refractivity contribution >= 4 is 17.7 Å². The van der Waals surface area contributed by atoms with Crippen molar-refractivity contribution in [3.8, 4) is 0 Å². The standard InChI is InChI=1S/C16H28N4O3/c1-10(2)19-7-5-11(12(9-19)16(18)23)13(8-14(17)21)20-6-3-4-15(20)22/h10-13H,3-9H2,1-2H3,(H2,17,21)(H2,18,23). The fourth-order valence-electron chi connectivity index (χ4n) is 3.94. The number of amides is 3. The number of nitrogens with zero attached hydrogens (tertiary/aromatic N) is 2. The van der Waals surface area contributed by atoms with Crippen LogP contribution < -0.4 is 11.5 Å². The summed E-state index contributed by atoms with van der Waals surface area (Å²) in [6.07, 6.45) is 2.14. The number of carbonyl (C=O) groups is 3. The molecule has 0 saturated carbocycles. The average molecular weight is 324 g/mol. The largest absolute Gasteiger partial charge is 0.370 e. The van der Waals surface area contributed by atoms with Crippen LogP contribution in [0.15, 0.2) is 0 Å². The van der Waals surface area contributed by atoms with Gasteiger partial charge in [0.2, 0.25) is 17.7 Å². The van der Waals surface area contributed by atoms with Crippen LogP contribution in [0.5, 0.6) is 0 Å². The zero-order valence-corrected chi connectivity index (χ0v) is 14.0. The highest BCUT2D eigenvalue weighted by atomic mass is 16.2. The molecular weight excluding hydrogens is 296 g/mol. The van der Waals surface area contributed by atoms with Gasteiger partial charge in [0, 0.05) is 38.0 Å². The maximum atomic E-state index is 12.1. The van der Waals surface area contributed by atoms with Gasteiger partial charge in [-0.1, -0.05) is 0 Å². The second kappa shape index (κ2) is 7.29. The van der Waals surface area contributed by atoms with E-state index in [2.05, 4.69) is 18.7 Å². The number of hydrogen-bond donors (Lipinski definition) is 2. The minimum atomic E-state index is -0.441. The Hall–Kier alpha value is -1.63. The molecule has 0 aromatic carbocycles. The van der Waals surface area contributed by atoms with E-state index >= 15 is 0 Å². The molecule has 2 fully saturated rings. The first-order valence-electron chi connectivity index (χ1n) is 8.42. The molecule has 2 aliphatic rings. The fraction of sp³-hybridized carbons (Fsp3) is 0.812. The van der Waals surface area contributed by atoms with E-state index in [-0.39, 0.29) is 36.1 Å². The summed E-state index contributed by atoms with van der Waals surface area (Å²) in [5.41, 5.74) is 11.0. The summed E-state index contributed by atoms with van der Waals surface area (Å²) in [7, 11) is 0. The topological polar surface area (TPSA) is 110 Å². The third-order valence-electron chi connectivity index (χ3n) is 5.21. The predicted molar refractivity (Wildman–Crippen MR) is 86.0 cm³/mol. The van der Waals surface area contributed by atoms with Crippen LogP contribution in [0.3, 0.4) is 0 Å². The number of likely N-dealkylation sites (tertiary alicyclic amines) is 2. The van der Waals surface area contributed by atoms with Gasteiger partial charge in [-0.15, -0.1) is 0 Å². The van der Waals surface area contributed by atoms with Gasteiger partial charge < -0.3 is 21.3 Å². The average Bonchev–Trinajstić information content (AvgIpc) is 2.89. The molecule has 2 saturated heterocycles. The summed E-state index contributed by atoms with van der Waals surface area (Å²) in [5, 5.41) is 0. The first-order chi connectivity index (χ1) is 10.8. The molecule has 2 aliphatic heterocycles. The third kappa shape index (κ3) is 4.02. The zero-order valence-electron chi connectivity index (χ0n) is 14.0. The molecule has 23 heavy (non-hydrogen) atoms. The van der Waals surface area contributed by atoms with Crippen molar-refractivity contribution in [2.75, 3.05) is 19.6 Å². The van der Waals surface area contributed by atoms with E-state index in [1.165, 1.54) is 0 Å². The van der Waals surface area contributed by atoms with E-state index in [0.29, 0.717) is 25.6 Å². The molecule has 4 N–H and O–H groups in total. The van der Waals surface area contributed by atoms with E-state index in [4.69, 9.17) is 11.5 Å². The van der Waals surface area contributed by atoms with Crippen LogP contribution in [-0.4, -0.2) is 59.2 Å². The Morgan fingerprint density at radius 2 is 1.96 bits per heavy atom. The van der Waals surface area contributed by atoms with Gasteiger partial charge in [-0.25, -0.2) is 0 Å². The van der Waals surface area contributed by atoms with Gasteiger partial charge >= 0.3 is 0 Å². The van der Waals surface area contributed by atoms with Crippen molar-refractivity contribution < 1.29 is 14.4 Å². The minimum absolute atomic E-state index is 0.0470. The summed E-state index contributed by atoms with van der Waals surface area (Å²) >= 11 is 0. The number of carbonyl (C=O) groups excluding carboxylic acids is 3. The number of rotatable bonds is 6. The van der Waals surface area contributed by atoms with E-state index in [9.17, 15) is 14.4 Å². The van der Waals surface area contributed by atoms with Crippen LogP contribution in [0.25, 0.3) is 0 Å². The van der Waals surface area contributed by atoms with Gasteiger partial charge in [0.15, 0.2) is 0 Å². The van der Waals surface area contributed by atoms with Crippen molar-refractivity contribution in [3.63, 3.8) is 0 Å². The van der Waals surface area contributed by atoms with Crippen LogP contribution in [0, 0.1) is 11.8 Å². The van der Waals surface area contributed by atoms with Crippen molar-refractivity contribution in [2.45, 2.75) is 51.6 Å². The summed E-state index contributed by atoms with van der Waals surface area (Å²) in [6, 6.07) is 0.0233. The molecule has 0 bridgehead atoms. The maximum Gasteiger partial charge on any atom is 0.222 e. The molecule has 7 heteroatoms. The number of hydrogen-bond acceptors (Lipinski definition) is 4. The second-order valence-electron chi connectivity index (χ2n) is 6.98. The lowest BCUT2D eigenvalue weighted by Crippen LogP contribution is -2.55. The molecule has 7 nitrogen and oxygen atoms in total. The molecule has 0 aromatic rings. The van der Waals surface area contributed by atoms with Crippen molar-refractivity contribution in [2.24, 2.45) is 23.3 Å². The normalized spacial score (nSPS) is 27.4. The highest BCUT2D eigenvalue weighted by Crippen LogP contribution is 2.33. The zero-order chi connectivity index (χ0) is 17.1. The first kappa shape index (κ1) is 17.7. The van der Waals surface area contributed by atoms with Crippen LogP contribution in [-0.2, 0) is 14.4 Å². The highest BCUT2D eigenvalue weighted by Gasteiger charge is 2.43. The SMILES string of the molecule is CC(C)N1CCC(C(CC(N)=O)N2CCCC2=O)C(C(N)=O)C1. The van der Waals surface area contributed by atoms with Gasteiger partial charge in [-0.05, 0) is 39.2 Å². The summed E-state index contributed by atoms with van der Waals surface area (Å²) in [5.74, 6) is -1.21. The van der Waals surface area contributed by atoms with Crippen molar-refractivity contribution in [1.29, 1.82) is 0 Å². The lowest BCUT2D eigenvalue weighted by atomic mass is 9.77. The summed E-state index contributed by atoms with van der Waals surface area (Å²) in [4.78, 5) is 39.6. The van der Waals surface area contributed by atoms with E-state index in [0.717, 1.165) is 19.4 Å². The first-order valence-corrected chi connectivity index (χ1v) is 8.42. The summed E-state index contributed by atoms with van der Waals surface area (Å²) < 4.78 is 0. The Balaban J connectivity index is 2.23. The van der Waals surface area contributed by atoms with Gasteiger partial charge in [0.05, 0.1) is 5.92 Å². The molecule has 0 aliphatic carbocycles. The number of piperidine rings is 1.